The fraction of sp³-hybridized carbons (Fsp3) is 0.400. The Morgan fingerprint density at radius 2 is 0.877 bits per heavy atom. The molecule has 396 valence electrons. The summed E-state index contributed by atoms with van der Waals surface area (Å²) in [5.41, 5.74) is 20.0. The predicted molar refractivity (Wildman–Crippen MR) is 281 cm³/mol. The van der Waals surface area contributed by atoms with Crippen LogP contribution in [-0.4, -0.2) is 54.3 Å². The maximum Gasteiger partial charge on any atom is 0.308 e. The van der Waals surface area contributed by atoms with E-state index in [1.165, 1.54) is 42.1 Å². The van der Waals surface area contributed by atoms with E-state index >= 15 is 0 Å². The molecule has 73 heavy (non-hydrogen) atoms. The maximum atomic E-state index is 14.0. The number of benzene rings is 5. The first-order valence-corrected chi connectivity index (χ1v) is 23.0. The molecule has 0 aliphatic rings. The molecular weight excluding hydrogens is 948 g/mol. The average Bonchev–Trinajstić information content (AvgIpc) is 3.95. The van der Waals surface area contributed by atoms with Crippen molar-refractivity contribution < 1.29 is 55.8 Å². The molecule has 0 fully saturated rings. The van der Waals surface area contributed by atoms with Crippen LogP contribution in [0.25, 0.3) is 22.2 Å². The standard InChI is InChI=1S/C12H16FNO2.C12H15NO2.C11H13NO2.C10H12FNO3.C10H14FNO/c1-6-7(2)12(16-5)8(3)10(13)11(6)14-9(4)15;1-6-7(2)11(14-5)8(3)12-10(6)13-9(4)15-12;1-5-6(2)10(13)7(3)11-9(5)12-8(4)14-11;1-5-6(2)10(15-4)7(3)8(11)9(5)12(13)14;1-5-6(2)10(13-4)7(3)8(11)9(5)12/h1-5H3,(H,14,15);1-5H3;13H,1-4H3;1-4H3;12H2,1-4H3. The normalized spacial score (nSPS) is 10.5. The molecule has 0 aliphatic heterocycles. The molecule has 5 aromatic carbocycles. The fourth-order valence-corrected chi connectivity index (χ4v) is 8.40. The third-order valence-corrected chi connectivity index (χ3v) is 13.2. The summed E-state index contributed by atoms with van der Waals surface area (Å²) in [7, 11) is 6.14. The van der Waals surface area contributed by atoms with Crippen molar-refractivity contribution in [1.82, 2.24) is 9.97 Å². The molecule has 7 aromatic rings. The zero-order valence-corrected chi connectivity index (χ0v) is 46.2. The van der Waals surface area contributed by atoms with Gasteiger partial charge in [0.25, 0.3) is 0 Å². The van der Waals surface area contributed by atoms with E-state index in [9.17, 15) is 33.2 Å². The van der Waals surface area contributed by atoms with Gasteiger partial charge in [-0.15, -0.1) is 0 Å². The lowest BCUT2D eigenvalue weighted by Gasteiger charge is -2.17. The highest BCUT2D eigenvalue weighted by molar-refractivity contribution is 5.90. The Kier molecular flexibility index (Phi) is 19.9. The summed E-state index contributed by atoms with van der Waals surface area (Å²) in [5.74, 6) is 2.12. The number of nitrogens with one attached hydrogen (secondary N) is 1. The maximum absolute atomic E-state index is 14.0. The molecule has 0 radical (unpaired) electrons. The molecule has 0 bridgehead atoms. The molecule has 1 amide bonds. The van der Waals surface area contributed by atoms with Crippen molar-refractivity contribution in [3.8, 4) is 28.7 Å². The van der Waals surface area contributed by atoms with E-state index in [2.05, 4.69) is 15.3 Å². The number of hydrogen-bond acceptors (Lipinski definition) is 13. The van der Waals surface area contributed by atoms with E-state index in [0.717, 1.165) is 72.4 Å². The number of nitrogens with zero attached hydrogens (tertiary/aromatic N) is 3. The number of nitrogen functional groups attached to an aromatic ring is 1. The largest absolute Gasteiger partial charge is 0.507 e. The van der Waals surface area contributed by atoms with Crippen molar-refractivity contribution in [1.29, 1.82) is 0 Å². The van der Waals surface area contributed by atoms with Crippen LogP contribution in [0.3, 0.4) is 0 Å². The second-order valence-corrected chi connectivity index (χ2v) is 17.7. The Morgan fingerprint density at radius 1 is 0.521 bits per heavy atom. The van der Waals surface area contributed by atoms with Crippen molar-refractivity contribution in [2.45, 2.75) is 125 Å². The first-order valence-electron chi connectivity index (χ1n) is 23.0. The third kappa shape index (κ3) is 12.1. The third-order valence-electron chi connectivity index (χ3n) is 13.2. The average molecular weight is 1020 g/mol. The number of oxazole rings is 2. The summed E-state index contributed by atoms with van der Waals surface area (Å²) in [6, 6.07) is 0. The molecule has 0 spiro atoms. The second-order valence-electron chi connectivity index (χ2n) is 17.7. The minimum atomic E-state index is -0.819. The number of nitro groups is 1. The molecule has 0 saturated heterocycles. The number of halogens is 3. The van der Waals surface area contributed by atoms with Gasteiger partial charge in [0.2, 0.25) is 11.7 Å². The van der Waals surface area contributed by atoms with Gasteiger partial charge in [0.05, 0.1) is 44.7 Å². The highest BCUT2D eigenvalue weighted by Crippen LogP contribution is 2.39. The second kappa shape index (κ2) is 24.3. The summed E-state index contributed by atoms with van der Waals surface area (Å²) < 4.78 is 72.7. The highest BCUT2D eigenvalue weighted by atomic mass is 19.1. The number of phenols is 1. The number of rotatable bonds is 6. The van der Waals surface area contributed by atoms with Gasteiger partial charge in [0.15, 0.2) is 34.6 Å². The van der Waals surface area contributed by atoms with E-state index < -0.39 is 22.2 Å². The number of anilines is 2. The highest BCUT2D eigenvalue weighted by Gasteiger charge is 2.26. The summed E-state index contributed by atoms with van der Waals surface area (Å²) in [6.45, 7) is 32.0. The minimum Gasteiger partial charge on any atom is -0.507 e. The summed E-state index contributed by atoms with van der Waals surface area (Å²) in [6.07, 6.45) is 0. The van der Waals surface area contributed by atoms with E-state index in [-0.39, 0.29) is 28.7 Å². The van der Waals surface area contributed by atoms with Crippen molar-refractivity contribution in [3.05, 3.63) is 123 Å². The number of ether oxygens (including phenoxy) is 4. The van der Waals surface area contributed by atoms with Gasteiger partial charge in [-0.05, 0) is 148 Å². The molecule has 15 nitrogen and oxygen atoms in total. The van der Waals surface area contributed by atoms with Crippen molar-refractivity contribution in [2.24, 2.45) is 0 Å². The number of aromatic nitrogens is 2. The van der Waals surface area contributed by atoms with Gasteiger partial charge in [-0.25, -0.2) is 18.7 Å². The van der Waals surface area contributed by atoms with Crippen LogP contribution in [0.1, 0.15) is 102 Å². The number of hydrogen-bond donors (Lipinski definition) is 3. The van der Waals surface area contributed by atoms with E-state index in [1.807, 2.05) is 69.2 Å². The van der Waals surface area contributed by atoms with Gasteiger partial charge in [-0.3, -0.25) is 14.9 Å². The summed E-state index contributed by atoms with van der Waals surface area (Å²) in [4.78, 5) is 29.6. The lowest BCUT2D eigenvalue weighted by molar-refractivity contribution is -0.388. The van der Waals surface area contributed by atoms with Gasteiger partial charge in [-0.1, -0.05) is 0 Å². The number of nitrogens with two attached hydrogens (primary N) is 1. The number of nitro benzene ring substituents is 1. The molecule has 2 aromatic heterocycles. The van der Waals surface area contributed by atoms with Crippen LogP contribution >= 0.6 is 0 Å². The first-order chi connectivity index (χ1) is 33.9. The molecule has 7 rings (SSSR count). The quantitative estimate of drug-likeness (QED) is 0.0806. The lowest BCUT2D eigenvalue weighted by Crippen LogP contribution is -2.11. The van der Waals surface area contributed by atoms with Crippen LogP contribution in [0.5, 0.6) is 28.7 Å². The molecular formula is C55H70F3N5O10. The number of amides is 1. The molecule has 18 heteroatoms. The van der Waals surface area contributed by atoms with Gasteiger partial charge in [0, 0.05) is 59.7 Å². The van der Waals surface area contributed by atoms with E-state index in [0.29, 0.717) is 68.2 Å². The smallest absolute Gasteiger partial charge is 0.308 e. The first kappa shape index (κ1) is 59.8. The Morgan fingerprint density at radius 3 is 1.30 bits per heavy atom. The van der Waals surface area contributed by atoms with Crippen molar-refractivity contribution >= 4 is 45.2 Å². The fourth-order valence-electron chi connectivity index (χ4n) is 8.40. The lowest BCUT2D eigenvalue weighted by atomic mass is 10.0. The van der Waals surface area contributed by atoms with Crippen LogP contribution in [0, 0.1) is 145 Å². The molecule has 0 aliphatic carbocycles. The van der Waals surface area contributed by atoms with Crippen LogP contribution in [0.2, 0.25) is 0 Å². The van der Waals surface area contributed by atoms with Gasteiger partial charge < -0.3 is 43.9 Å². The number of phenolic OH excluding ortho intramolecular Hbond substituents is 1. The van der Waals surface area contributed by atoms with Gasteiger partial charge in [-0.2, -0.15) is 4.39 Å². The number of carbonyl (C=O) groups excluding carboxylic acids is 1. The van der Waals surface area contributed by atoms with Gasteiger partial charge >= 0.3 is 5.69 Å². The zero-order chi connectivity index (χ0) is 56.0. The Balaban J connectivity index is 0.000000241. The van der Waals surface area contributed by atoms with Gasteiger partial charge in [0.1, 0.15) is 39.8 Å². The molecule has 0 saturated carbocycles. The number of aromatic hydroxyl groups is 1. The molecule has 4 N–H and O–H groups in total. The van der Waals surface area contributed by atoms with E-state index in [1.54, 1.807) is 41.7 Å². The molecule has 0 unspecified atom stereocenters. The van der Waals surface area contributed by atoms with Crippen LogP contribution in [0.4, 0.5) is 30.2 Å². The molecule has 0 atom stereocenters. The number of aryl methyl sites for hydroxylation is 6. The Hall–Kier alpha value is -7.50. The number of fused-ring (bicyclic) bond motifs is 2. The minimum absolute atomic E-state index is 0.173. The van der Waals surface area contributed by atoms with E-state index in [4.69, 9.17) is 33.5 Å². The van der Waals surface area contributed by atoms with Crippen molar-refractivity contribution in [3.63, 3.8) is 0 Å². The number of carbonyl (C=O) groups is 1. The monoisotopic (exact) mass is 1020 g/mol. The SMILES string of the molecule is COc1c(C)c(C)c(N)c(F)c1C.COc1c(C)c(C)c(NC(C)=O)c(F)c1C.COc1c(C)c(C)c([N+](=O)[O-])c(F)c1C.COc1c(C)c(C)c2nc(C)oc2c1C.Cc1nc2c(C)c(C)c(O)c(C)c2o1. The molecule has 2 heterocycles. The number of methoxy groups -OCH3 is 4. The zero-order valence-electron chi connectivity index (χ0n) is 46.2. The summed E-state index contributed by atoms with van der Waals surface area (Å²) >= 11 is 0. The van der Waals surface area contributed by atoms with Crippen LogP contribution < -0.4 is 30.0 Å². The topological polar surface area (TPSA) is 207 Å². The Bertz CT molecular complexity index is 3120. The predicted octanol–water partition coefficient (Wildman–Crippen LogP) is 13.6. The summed E-state index contributed by atoms with van der Waals surface area (Å²) in [5, 5.41) is 23.0. The van der Waals surface area contributed by atoms with Crippen molar-refractivity contribution in [2.75, 3.05) is 39.5 Å². The Labute approximate surface area is 425 Å². The van der Waals surface area contributed by atoms with Crippen LogP contribution in [-0.2, 0) is 4.79 Å². The van der Waals surface area contributed by atoms with Crippen LogP contribution in [0.15, 0.2) is 8.83 Å².